The van der Waals surface area contributed by atoms with Crippen molar-refractivity contribution >= 4 is 0 Å². The van der Waals surface area contributed by atoms with Crippen molar-refractivity contribution in [3.8, 4) is 0 Å². The van der Waals surface area contributed by atoms with Crippen molar-refractivity contribution in [3.63, 3.8) is 0 Å². The molecule has 0 aliphatic heterocycles. The van der Waals surface area contributed by atoms with Crippen LogP contribution in [0.25, 0.3) is 0 Å². The molecule has 0 aromatic carbocycles. The fraction of sp³-hybridized carbons (Fsp3) is 1.00. The predicted molar refractivity (Wildman–Crippen MR) is 71.2 cm³/mol. The van der Waals surface area contributed by atoms with Gasteiger partial charge in [-0.15, -0.1) is 0 Å². The van der Waals surface area contributed by atoms with Crippen LogP contribution in [-0.4, -0.2) is 5.54 Å². The normalized spacial score (nSPS) is 12.0. The van der Waals surface area contributed by atoms with Crippen molar-refractivity contribution in [2.45, 2.75) is 90.5 Å². The number of unbranched alkanes of at least 4 members (excludes halogenated alkanes) is 8. The van der Waals surface area contributed by atoms with Crippen molar-refractivity contribution in [2.24, 2.45) is 0 Å². The van der Waals surface area contributed by atoms with E-state index in [1.807, 2.05) is 13.8 Å². The summed E-state index contributed by atoms with van der Waals surface area (Å²) >= 11 is 0. The van der Waals surface area contributed by atoms with E-state index in [1.54, 1.807) is 0 Å². The lowest BCUT2D eigenvalue weighted by molar-refractivity contribution is -0.663. The summed E-state index contributed by atoms with van der Waals surface area (Å²) in [6, 6.07) is 0. The highest BCUT2D eigenvalue weighted by molar-refractivity contribution is 4.64. The van der Waals surface area contributed by atoms with Gasteiger partial charge in [0.15, 0.2) is 0 Å². The zero-order valence-corrected chi connectivity index (χ0v) is 11.6. The molecular formula is C14H31NO. The zero-order chi connectivity index (χ0) is 12.3. The minimum absolute atomic E-state index is 0.0961. The summed E-state index contributed by atoms with van der Waals surface area (Å²) in [7, 11) is 0. The third-order valence-corrected chi connectivity index (χ3v) is 3.24. The number of rotatable bonds is 11. The Morgan fingerprint density at radius 3 is 1.69 bits per heavy atom. The average molecular weight is 229 g/mol. The van der Waals surface area contributed by atoms with E-state index in [0.29, 0.717) is 0 Å². The van der Waals surface area contributed by atoms with Crippen molar-refractivity contribution in [3.05, 3.63) is 5.21 Å². The van der Waals surface area contributed by atoms with E-state index in [9.17, 15) is 5.21 Å². The molecule has 0 amide bonds. The predicted octanol–water partition coefficient (Wildman–Crippen LogP) is 3.75. The van der Waals surface area contributed by atoms with Gasteiger partial charge in [-0.25, -0.2) is 0 Å². The smallest absolute Gasteiger partial charge is 0.0901 e. The minimum Gasteiger partial charge on any atom is -0.635 e. The van der Waals surface area contributed by atoms with E-state index in [0.717, 1.165) is 11.9 Å². The summed E-state index contributed by atoms with van der Waals surface area (Å²) in [5.41, 5.74) is 0.999. The molecule has 0 spiro atoms. The van der Waals surface area contributed by atoms with Crippen molar-refractivity contribution in [1.29, 1.82) is 0 Å². The van der Waals surface area contributed by atoms with Gasteiger partial charge in [-0.1, -0.05) is 58.3 Å². The summed E-state index contributed by atoms with van der Waals surface area (Å²) in [5.74, 6) is 0. The molecule has 0 rings (SSSR count). The Morgan fingerprint density at radius 2 is 1.25 bits per heavy atom. The number of hydrogen-bond donors (Lipinski definition) is 1. The fourth-order valence-electron chi connectivity index (χ4n) is 1.95. The van der Waals surface area contributed by atoms with Crippen LogP contribution in [0, 0.1) is 5.21 Å². The van der Waals surface area contributed by atoms with Crippen molar-refractivity contribution < 1.29 is 5.48 Å². The van der Waals surface area contributed by atoms with Crippen LogP contribution in [0.15, 0.2) is 0 Å². The second kappa shape index (κ2) is 10.1. The van der Waals surface area contributed by atoms with E-state index < -0.39 is 0 Å². The van der Waals surface area contributed by atoms with Gasteiger partial charge < -0.3 is 10.7 Å². The second-order valence-electron chi connectivity index (χ2n) is 5.68. The lowest BCUT2D eigenvalue weighted by Crippen LogP contribution is -2.89. The first kappa shape index (κ1) is 15.9. The summed E-state index contributed by atoms with van der Waals surface area (Å²) in [5, 5.41) is 10.7. The molecule has 0 aromatic rings. The molecule has 0 atom stereocenters. The summed E-state index contributed by atoms with van der Waals surface area (Å²) in [6.07, 6.45) is 13.2. The van der Waals surface area contributed by atoms with E-state index in [1.165, 1.54) is 57.8 Å². The molecule has 2 nitrogen and oxygen atoms in total. The number of quaternary nitrogens is 1. The Bertz CT molecular complexity index is 146. The molecule has 16 heavy (non-hydrogen) atoms. The molecule has 0 aliphatic carbocycles. The van der Waals surface area contributed by atoms with Crippen molar-refractivity contribution in [1.82, 2.24) is 0 Å². The molecule has 0 bridgehead atoms. The second-order valence-corrected chi connectivity index (χ2v) is 5.68. The third-order valence-electron chi connectivity index (χ3n) is 3.24. The average Bonchev–Trinajstić information content (AvgIpc) is 2.27. The molecule has 0 fully saturated rings. The summed E-state index contributed by atoms with van der Waals surface area (Å²) in [6.45, 7) is 6.32. The molecule has 0 unspecified atom stereocenters. The van der Waals surface area contributed by atoms with Crippen LogP contribution in [0.4, 0.5) is 0 Å². The molecule has 0 saturated heterocycles. The summed E-state index contributed by atoms with van der Waals surface area (Å²) in [4.78, 5) is 0. The third kappa shape index (κ3) is 10.4. The van der Waals surface area contributed by atoms with Gasteiger partial charge in [0.1, 0.15) is 0 Å². The van der Waals surface area contributed by atoms with Crippen LogP contribution >= 0.6 is 0 Å². The number of hydrogen-bond acceptors (Lipinski definition) is 1. The Kier molecular flexibility index (Phi) is 10.0. The minimum atomic E-state index is -0.0961. The van der Waals surface area contributed by atoms with Gasteiger partial charge in [0.25, 0.3) is 0 Å². The Morgan fingerprint density at radius 1 is 0.812 bits per heavy atom. The van der Waals surface area contributed by atoms with Crippen LogP contribution in [-0.2, 0) is 0 Å². The van der Waals surface area contributed by atoms with E-state index >= 15 is 0 Å². The monoisotopic (exact) mass is 229 g/mol. The van der Waals surface area contributed by atoms with Gasteiger partial charge in [0, 0.05) is 6.42 Å². The van der Waals surface area contributed by atoms with Crippen LogP contribution in [0.3, 0.4) is 0 Å². The molecule has 0 aromatic heterocycles. The van der Waals surface area contributed by atoms with Crippen molar-refractivity contribution in [2.75, 3.05) is 0 Å². The van der Waals surface area contributed by atoms with Crippen LogP contribution < -0.4 is 5.48 Å². The number of nitrogens with two attached hydrogens (primary N) is 1. The zero-order valence-electron chi connectivity index (χ0n) is 11.6. The highest BCUT2D eigenvalue weighted by Gasteiger charge is 2.15. The van der Waals surface area contributed by atoms with Crippen LogP contribution in [0.1, 0.15) is 85.0 Å². The maximum absolute atomic E-state index is 10.7. The van der Waals surface area contributed by atoms with E-state index in [4.69, 9.17) is 0 Å². The highest BCUT2D eigenvalue weighted by atomic mass is 16.5. The van der Waals surface area contributed by atoms with Crippen LogP contribution in [0.2, 0.25) is 0 Å². The van der Waals surface area contributed by atoms with E-state index in [-0.39, 0.29) is 5.54 Å². The largest absolute Gasteiger partial charge is 0.635 e. The van der Waals surface area contributed by atoms with Gasteiger partial charge in [0.05, 0.1) is 5.54 Å². The molecule has 0 heterocycles. The lowest BCUT2D eigenvalue weighted by atomic mass is 9.97. The topological polar surface area (TPSA) is 39.7 Å². The lowest BCUT2D eigenvalue weighted by Gasteiger charge is -2.24. The molecule has 2 heteroatoms. The molecule has 0 saturated carbocycles. The van der Waals surface area contributed by atoms with Gasteiger partial charge in [0.2, 0.25) is 0 Å². The quantitative estimate of drug-likeness (QED) is 0.425. The molecular weight excluding hydrogens is 198 g/mol. The summed E-state index contributed by atoms with van der Waals surface area (Å²) < 4.78 is 0. The maximum Gasteiger partial charge on any atom is 0.0901 e. The Hall–Kier alpha value is -0.0800. The Balaban J connectivity index is 3.10. The highest BCUT2D eigenvalue weighted by Crippen LogP contribution is 2.13. The standard InChI is InChI=1S/C14H31NO/c1-4-5-6-7-8-9-10-11-12-13-14(2,3)15-16/h4-13,15H2,1-3H3. The first-order chi connectivity index (χ1) is 7.62. The SMILES string of the molecule is CCCCCCCCCCCC(C)(C)[NH2+][O-]. The van der Waals surface area contributed by atoms with E-state index in [2.05, 4.69) is 6.92 Å². The number of hydroxylamine groups is 1. The van der Waals surface area contributed by atoms with Gasteiger partial charge in [-0.3, -0.25) is 0 Å². The van der Waals surface area contributed by atoms with Gasteiger partial charge in [-0.05, 0) is 20.3 Å². The molecule has 98 valence electrons. The van der Waals surface area contributed by atoms with Gasteiger partial charge >= 0.3 is 0 Å². The first-order valence-electron chi connectivity index (χ1n) is 7.09. The molecule has 2 N–H and O–H groups in total. The maximum atomic E-state index is 10.7. The van der Waals surface area contributed by atoms with Crippen LogP contribution in [0.5, 0.6) is 0 Å². The first-order valence-corrected chi connectivity index (χ1v) is 7.09. The van der Waals surface area contributed by atoms with Gasteiger partial charge in [-0.2, -0.15) is 0 Å². The molecule has 0 radical (unpaired) electrons. The molecule has 0 aliphatic rings. The fourth-order valence-corrected chi connectivity index (χ4v) is 1.95. The Labute approximate surface area is 102 Å².